The number of imidazole rings is 1. The predicted molar refractivity (Wildman–Crippen MR) is 94.9 cm³/mol. The number of sulfonamides is 1. The van der Waals surface area contributed by atoms with Crippen molar-refractivity contribution in [2.24, 2.45) is 7.05 Å². The molecule has 3 heterocycles. The Morgan fingerprint density at radius 1 is 1.29 bits per heavy atom. The second kappa shape index (κ2) is 8.37. The van der Waals surface area contributed by atoms with Gasteiger partial charge in [0.15, 0.2) is 0 Å². The van der Waals surface area contributed by atoms with Gasteiger partial charge in [-0.2, -0.15) is 17.5 Å². The molecule has 3 rings (SSSR count). The number of hydrogen-bond acceptors (Lipinski definition) is 5. The minimum absolute atomic E-state index is 0.176. The lowest BCUT2D eigenvalue weighted by atomic mass is 9.87. The lowest BCUT2D eigenvalue weighted by Gasteiger charge is -2.44. The molecule has 160 valence electrons. The van der Waals surface area contributed by atoms with Crippen LogP contribution in [-0.4, -0.2) is 75.9 Å². The van der Waals surface area contributed by atoms with E-state index in [9.17, 15) is 21.6 Å². The molecule has 0 amide bonds. The maximum Gasteiger partial charge on any atom is 0.490 e. The second-order valence-corrected chi connectivity index (χ2v) is 9.18. The van der Waals surface area contributed by atoms with E-state index in [-0.39, 0.29) is 5.54 Å². The third-order valence-electron chi connectivity index (χ3n) is 5.11. The van der Waals surface area contributed by atoms with Gasteiger partial charge in [-0.3, -0.25) is 4.90 Å². The summed E-state index contributed by atoms with van der Waals surface area (Å²) in [5.74, 6) is -2.76. The average Bonchev–Trinajstić information content (AvgIpc) is 3.14. The Labute approximate surface area is 162 Å². The lowest BCUT2D eigenvalue weighted by Crippen LogP contribution is -2.56. The van der Waals surface area contributed by atoms with Crippen LogP contribution >= 0.6 is 0 Å². The van der Waals surface area contributed by atoms with Gasteiger partial charge >= 0.3 is 12.1 Å². The molecule has 2 aliphatic heterocycles. The van der Waals surface area contributed by atoms with Crippen LogP contribution in [0.1, 0.15) is 31.4 Å². The number of aromatic nitrogens is 2. The van der Waals surface area contributed by atoms with Gasteiger partial charge in [0, 0.05) is 38.4 Å². The van der Waals surface area contributed by atoms with Crippen molar-refractivity contribution in [1.29, 1.82) is 0 Å². The van der Waals surface area contributed by atoms with Crippen molar-refractivity contribution in [2.45, 2.75) is 43.9 Å². The molecule has 12 heteroatoms. The predicted octanol–water partition coefficient (Wildman–Crippen LogP) is 1.44. The molecule has 1 N–H and O–H groups in total. The van der Waals surface area contributed by atoms with Gasteiger partial charge in [-0.1, -0.05) is 0 Å². The first-order valence-electron chi connectivity index (χ1n) is 8.81. The Morgan fingerprint density at radius 3 is 2.32 bits per heavy atom. The van der Waals surface area contributed by atoms with Crippen LogP contribution < -0.4 is 0 Å². The first kappa shape index (κ1) is 22.6. The van der Waals surface area contributed by atoms with Gasteiger partial charge in [0.2, 0.25) is 10.0 Å². The van der Waals surface area contributed by atoms with E-state index >= 15 is 0 Å². The molecule has 1 aromatic rings. The van der Waals surface area contributed by atoms with Gasteiger partial charge in [0.25, 0.3) is 0 Å². The molecule has 0 aliphatic carbocycles. The molecule has 0 aromatic carbocycles. The molecule has 0 saturated carbocycles. The summed E-state index contributed by atoms with van der Waals surface area (Å²) in [6.45, 7) is 3.39. The van der Waals surface area contributed by atoms with E-state index in [1.165, 1.54) is 11.9 Å². The molecule has 1 spiro atoms. The summed E-state index contributed by atoms with van der Waals surface area (Å²) < 4.78 is 59.7. The zero-order chi connectivity index (χ0) is 21.2. The van der Waals surface area contributed by atoms with Crippen LogP contribution in [-0.2, 0) is 28.4 Å². The molecule has 8 nitrogen and oxygen atoms in total. The quantitative estimate of drug-likeness (QED) is 0.786. The van der Waals surface area contributed by atoms with Crippen molar-refractivity contribution in [3.8, 4) is 0 Å². The number of rotatable bonds is 3. The fourth-order valence-electron chi connectivity index (χ4n) is 3.95. The van der Waals surface area contributed by atoms with Crippen molar-refractivity contribution >= 4 is 16.0 Å². The number of nitrogens with zero attached hydrogens (tertiary/aromatic N) is 4. The monoisotopic (exact) mass is 426 g/mol. The number of piperidine rings is 1. The largest absolute Gasteiger partial charge is 0.490 e. The third-order valence-corrected chi connectivity index (χ3v) is 6.48. The zero-order valence-electron chi connectivity index (χ0n) is 15.8. The van der Waals surface area contributed by atoms with E-state index in [0.29, 0.717) is 6.54 Å². The highest BCUT2D eigenvalue weighted by atomic mass is 32.2. The number of carboxylic acid groups (broad SMARTS) is 1. The summed E-state index contributed by atoms with van der Waals surface area (Å²) in [7, 11) is -1.11. The Hall–Kier alpha value is -1.66. The third kappa shape index (κ3) is 5.45. The van der Waals surface area contributed by atoms with E-state index < -0.39 is 22.2 Å². The van der Waals surface area contributed by atoms with E-state index in [1.54, 1.807) is 4.31 Å². The number of carboxylic acids is 1. The Kier molecular flexibility index (Phi) is 6.77. The van der Waals surface area contributed by atoms with Crippen LogP contribution in [0.2, 0.25) is 0 Å². The molecule has 2 fully saturated rings. The number of aliphatic carboxylic acids is 1. The summed E-state index contributed by atoms with van der Waals surface area (Å²) in [6, 6.07) is 0. The minimum Gasteiger partial charge on any atom is -0.475 e. The second-order valence-electron chi connectivity index (χ2n) is 7.28. The van der Waals surface area contributed by atoms with Gasteiger partial charge in [-0.25, -0.2) is 18.2 Å². The summed E-state index contributed by atoms with van der Waals surface area (Å²) in [5, 5.41) is 7.12. The first-order valence-corrected chi connectivity index (χ1v) is 10.7. The van der Waals surface area contributed by atoms with Gasteiger partial charge in [-0.05, 0) is 32.2 Å². The van der Waals surface area contributed by atoms with Crippen LogP contribution in [0.25, 0.3) is 0 Å². The summed E-state index contributed by atoms with van der Waals surface area (Å²) in [5.41, 5.74) is 1.00. The van der Waals surface area contributed by atoms with E-state index in [1.807, 2.05) is 24.1 Å². The molecule has 1 unspecified atom stereocenters. The molecule has 1 atom stereocenters. The molecule has 28 heavy (non-hydrogen) atoms. The van der Waals surface area contributed by atoms with Crippen LogP contribution in [0.5, 0.6) is 0 Å². The highest BCUT2D eigenvalue weighted by molar-refractivity contribution is 7.88. The van der Waals surface area contributed by atoms with Crippen LogP contribution in [0.15, 0.2) is 12.5 Å². The molecular formula is C16H25F3N4O4S. The number of alkyl halides is 3. The fraction of sp³-hybridized carbons (Fsp3) is 0.750. The van der Waals surface area contributed by atoms with Crippen molar-refractivity contribution in [3.05, 3.63) is 18.2 Å². The molecule has 0 radical (unpaired) electrons. The molecular weight excluding hydrogens is 401 g/mol. The van der Waals surface area contributed by atoms with Crippen molar-refractivity contribution < 1.29 is 31.5 Å². The average molecular weight is 426 g/mol. The van der Waals surface area contributed by atoms with Gasteiger partial charge < -0.3 is 9.67 Å². The van der Waals surface area contributed by atoms with Crippen molar-refractivity contribution in [3.63, 3.8) is 0 Å². The van der Waals surface area contributed by atoms with E-state index in [0.717, 1.165) is 45.3 Å². The van der Waals surface area contributed by atoms with Gasteiger partial charge in [0.1, 0.15) is 0 Å². The highest BCUT2D eigenvalue weighted by Gasteiger charge is 2.47. The van der Waals surface area contributed by atoms with Gasteiger partial charge in [-0.15, -0.1) is 0 Å². The van der Waals surface area contributed by atoms with Crippen LogP contribution in [0, 0.1) is 0 Å². The number of carbonyl (C=O) groups is 1. The van der Waals surface area contributed by atoms with Crippen molar-refractivity contribution in [2.75, 3.05) is 25.9 Å². The normalized spacial score (nSPS) is 24.2. The maximum atomic E-state index is 12.1. The number of halogens is 3. The molecule has 2 saturated heterocycles. The Bertz CT molecular complexity index is 796. The number of aryl methyl sites for hydroxylation is 1. The zero-order valence-corrected chi connectivity index (χ0v) is 16.6. The van der Waals surface area contributed by atoms with E-state index in [4.69, 9.17) is 9.90 Å². The Balaban J connectivity index is 0.000000345. The SMILES string of the molecule is Cn1cncc1CN1CCCC2(CCCN2S(C)(=O)=O)C1.O=C(O)C(F)(F)F. The lowest BCUT2D eigenvalue weighted by molar-refractivity contribution is -0.192. The maximum absolute atomic E-state index is 12.1. The molecule has 2 aliphatic rings. The summed E-state index contributed by atoms with van der Waals surface area (Å²) in [6.07, 6.45) is 3.98. The molecule has 0 bridgehead atoms. The summed E-state index contributed by atoms with van der Waals surface area (Å²) >= 11 is 0. The van der Waals surface area contributed by atoms with Crippen molar-refractivity contribution in [1.82, 2.24) is 18.8 Å². The number of hydrogen-bond donors (Lipinski definition) is 1. The Morgan fingerprint density at radius 2 is 1.86 bits per heavy atom. The fourth-order valence-corrected chi connectivity index (χ4v) is 5.35. The molecule has 1 aromatic heterocycles. The smallest absolute Gasteiger partial charge is 0.475 e. The van der Waals surface area contributed by atoms with Gasteiger partial charge in [0.05, 0.1) is 18.3 Å². The first-order chi connectivity index (χ1) is 12.8. The highest BCUT2D eigenvalue weighted by Crippen LogP contribution is 2.39. The standard InChI is InChI=1S/C14H24N4O2S.C2HF3O2/c1-16-12-15-9-13(16)10-17-7-3-5-14(11-17)6-4-8-18(14)21(2,19)20;3-2(4,5)1(6)7/h9,12H,3-8,10-11H2,1-2H3;(H,6,7). The topological polar surface area (TPSA) is 95.7 Å². The van der Waals surface area contributed by atoms with Crippen LogP contribution in [0.4, 0.5) is 13.2 Å². The number of likely N-dealkylation sites (tertiary alicyclic amines) is 1. The van der Waals surface area contributed by atoms with Crippen LogP contribution in [0.3, 0.4) is 0 Å². The van der Waals surface area contributed by atoms with E-state index in [2.05, 4.69) is 9.88 Å². The summed E-state index contributed by atoms with van der Waals surface area (Å²) in [4.78, 5) is 15.4. The minimum atomic E-state index is -5.08.